The first-order chi connectivity index (χ1) is 4.38. The third kappa shape index (κ3) is 2.13. The average Bonchev–Trinajstić information content (AvgIpc) is 2.33. The molecule has 0 atom stereocenters. The smallest absolute Gasteiger partial charge is 0.850 e. The summed E-state index contributed by atoms with van der Waals surface area (Å²) < 4.78 is 1.95. The van der Waals surface area contributed by atoms with Crippen molar-refractivity contribution in [2.24, 2.45) is 0 Å². The maximum atomic E-state index is 10.4. The van der Waals surface area contributed by atoms with Crippen LogP contribution in [0.5, 0.6) is 0 Å². The SMILES string of the molecule is CCn1cccc1C[O-].[Na+]. The first kappa shape index (κ1) is 10.2. The van der Waals surface area contributed by atoms with Crippen molar-refractivity contribution in [3.05, 3.63) is 24.0 Å². The van der Waals surface area contributed by atoms with Gasteiger partial charge in [-0.2, -0.15) is 0 Å². The molecule has 0 fully saturated rings. The number of rotatable bonds is 2. The molecule has 1 heterocycles. The summed E-state index contributed by atoms with van der Waals surface area (Å²) in [4.78, 5) is 0. The molecule has 3 heteroatoms. The van der Waals surface area contributed by atoms with Gasteiger partial charge in [-0.25, -0.2) is 0 Å². The second-order valence-electron chi connectivity index (χ2n) is 1.93. The van der Waals surface area contributed by atoms with E-state index in [1.165, 1.54) is 0 Å². The van der Waals surface area contributed by atoms with Gasteiger partial charge in [0.05, 0.1) is 0 Å². The van der Waals surface area contributed by atoms with Gasteiger partial charge in [-0.15, -0.1) is 0 Å². The molecule has 0 saturated heterocycles. The van der Waals surface area contributed by atoms with Crippen LogP contribution in [-0.2, 0) is 13.2 Å². The molecule has 0 N–H and O–H groups in total. The van der Waals surface area contributed by atoms with Crippen LogP contribution in [0.25, 0.3) is 0 Å². The Labute approximate surface area is 83.2 Å². The van der Waals surface area contributed by atoms with Gasteiger partial charge < -0.3 is 9.67 Å². The van der Waals surface area contributed by atoms with Gasteiger partial charge in [0.25, 0.3) is 0 Å². The van der Waals surface area contributed by atoms with E-state index in [1.54, 1.807) is 0 Å². The topological polar surface area (TPSA) is 28.0 Å². The first-order valence-corrected chi connectivity index (χ1v) is 3.10. The third-order valence-electron chi connectivity index (χ3n) is 1.41. The summed E-state index contributed by atoms with van der Waals surface area (Å²) in [6.07, 6.45) is 1.92. The fourth-order valence-corrected chi connectivity index (χ4v) is 0.889. The van der Waals surface area contributed by atoms with Crippen molar-refractivity contribution in [1.82, 2.24) is 4.57 Å². The molecular weight excluding hydrogens is 137 g/mol. The van der Waals surface area contributed by atoms with Crippen LogP contribution in [0.15, 0.2) is 18.3 Å². The van der Waals surface area contributed by atoms with Gasteiger partial charge >= 0.3 is 29.6 Å². The fourth-order valence-electron chi connectivity index (χ4n) is 0.889. The van der Waals surface area contributed by atoms with Crippen molar-refractivity contribution in [3.63, 3.8) is 0 Å². The van der Waals surface area contributed by atoms with Gasteiger partial charge in [-0.3, -0.25) is 0 Å². The second-order valence-corrected chi connectivity index (χ2v) is 1.93. The van der Waals surface area contributed by atoms with Gasteiger partial charge in [-0.05, 0) is 19.1 Å². The van der Waals surface area contributed by atoms with Gasteiger partial charge in [0.1, 0.15) is 0 Å². The standard InChI is InChI=1S/C7H10NO.Na/c1-2-8-5-3-4-7(8)6-9;/h3-5H,2,6H2,1H3;/q-1;+1. The van der Waals surface area contributed by atoms with Crippen molar-refractivity contribution < 1.29 is 34.7 Å². The van der Waals surface area contributed by atoms with Crippen molar-refractivity contribution in [2.45, 2.75) is 20.1 Å². The van der Waals surface area contributed by atoms with Crippen molar-refractivity contribution in [3.8, 4) is 0 Å². The van der Waals surface area contributed by atoms with Crippen LogP contribution in [0.3, 0.4) is 0 Å². The number of aryl methyl sites for hydroxylation is 1. The van der Waals surface area contributed by atoms with Gasteiger partial charge in [0.15, 0.2) is 0 Å². The molecular formula is C7H10NNaO. The number of aromatic nitrogens is 1. The van der Waals surface area contributed by atoms with Crippen LogP contribution in [0.4, 0.5) is 0 Å². The van der Waals surface area contributed by atoms with E-state index in [0.29, 0.717) is 0 Å². The maximum Gasteiger partial charge on any atom is 1.00 e. The van der Waals surface area contributed by atoms with Crippen molar-refractivity contribution in [1.29, 1.82) is 0 Å². The molecule has 0 aliphatic heterocycles. The second kappa shape index (κ2) is 4.97. The van der Waals surface area contributed by atoms with E-state index in [1.807, 2.05) is 29.8 Å². The molecule has 1 aromatic rings. The molecule has 0 bridgehead atoms. The normalized spacial score (nSPS) is 9.00. The molecule has 0 radical (unpaired) electrons. The van der Waals surface area contributed by atoms with E-state index in [4.69, 9.17) is 0 Å². The van der Waals surface area contributed by atoms with Gasteiger partial charge in [0.2, 0.25) is 0 Å². The van der Waals surface area contributed by atoms with Gasteiger partial charge in [-0.1, -0.05) is 6.61 Å². The fraction of sp³-hybridized carbons (Fsp3) is 0.429. The summed E-state index contributed by atoms with van der Waals surface area (Å²) in [5, 5.41) is 10.4. The molecule has 0 saturated carbocycles. The zero-order chi connectivity index (χ0) is 6.69. The number of hydrogen-bond donors (Lipinski definition) is 0. The van der Waals surface area contributed by atoms with Crippen LogP contribution >= 0.6 is 0 Å². The Hall–Kier alpha value is 0.240. The molecule has 2 nitrogen and oxygen atoms in total. The van der Waals surface area contributed by atoms with Crippen LogP contribution in [0.1, 0.15) is 12.6 Å². The van der Waals surface area contributed by atoms with Gasteiger partial charge in [0, 0.05) is 18.4 Å². The van der Waals surface area contributed by atoms with Crippen molar-refractivity contribution in [2.75, 3.05) is 0 Å². The summed E-state index contributed by atoms with van der Waals surface area (Å²) in [7, 11) is 0. The Morgan fingerprint density at radius 3 is 2.70 bits per heavy atom. The molecule has 1 aromatic heterocycles. The van der Waals surface area contributed by atoms with E-state index in [-0.39, 0.29) is 36.2 Å². The van der Waals surface area contributed by atoms with Crippen LogP contribution < -0.4 is 34.7 Å². The Morgan fingerprint density at radius 2 is 2.30 bits per heavy atom. The largest absolute Gasteiger partial charge is 1.00 e. The summed E-state index contributed by atoms with van der Waals surface area (Å²) in [5.74, 6) is 0. The van der Waals surface area contributed by atoms with Crippen LogP contribution in [0, 0.1) is 0 Å². The molecule has 0 aliphatic carbocycles. The predicted octanol–water partition coefficient (Wildman–Crippen LogP) is -2.63. The Bertz CT molecular complexity index is 167. The van der Waals surface area contributed by atoms with E-state index in [9.17, 15) is 5.11 Å². The van der Waals surface area contributed by atoms with E-state index >= 15 is 0 Å². The zero-order valence-corrected chi connectivity index (χ0v) is 8.50. The Morgan fingerprint density at radius 1 is 1.60 bits per heavy atom. The minimum absolute atomic E-state index is 0. The minimum Gasteiger partial charge on any atom is -0.850 e. The van der Waals surface area contributed by atoms with E-state index in [0.717, 1.165) is 12.2 Å². The number of nitrogens with zero attached hydrogens (tertiary/aromatic N) is 1. The molecule has 0 amide bonds. The average molecular weight is 147 g/mol. The molecule has 10 heavy (non-hydrogen) atoms. The quantitative estimate of drug-likeness (QED) is 0.421. The number of hydrogen-bond acceptors (Lipinski definition) is 1. The first-order valence-electron chi connectivity index (χ1n) is 3.10. The predicted molar refractivity (Wildman–Crippen MR) is 33.8 cm³/mol. The summed E-state index contributed by atoms with van der Waals surface area (Å²) >= 11 is 0. The van der Waals surface area contributed by atoms with Crippen molar-refractivity contribution >= 4 is 0 Å². The van der Waals surface area contributed by atoms with E-state index < -0.39 is 0 Å². The zero-order valence-electron chi connectivity index (χ0n) is 6.50. The molecule has 1 rings (SSSR count). The van der Waals surface area contributed by atoms with Crippen LogP contribution in [-0.4, -0.2) is 4.57 Å². The molecule has 0 aromatic carbocycles. The molecule has 0 aliphatic rings. The maximum absolute atomic E-state index is 10.4. The molecule has 50 valence electrons. The monoisotopic (exact) mass is 147 g/mol. The summed E-state index contributed by atoms with van der Waals surface area (Å²) in [6.45, 7) is 2.81. The molecule has 0 spiro atoms. The Kier molecular flexibility index (Phi) is 5.09. The molecule has 0 unspecified atom stereocenters. The van der Waals surface area contributed by atoms with E-state index in [2.05, 4.69) is 0 Å². The Balaban J connectivity index is 0.000000810. The minimum atomic E-state index is -0.110. The van der Waals surface area contributed by atoms with Crippen LogP contribution in [0.2, 0.25) is 0 Å². The summed E-state index contributed by atoms with van der Waals surface area (Å²) in [6, 6.07) is 3.76. The summed E-state index contributed by atoms with van der Waals surface area (Å²) in [5.41, 5.74) is 0.873. The third-order valence-corrected chi connectivity index (χ3v) is 1.41.